The van der Waals surface area contributed by atoms with Gasteiger partial charge in [0.25, 0.3) is 0 Å². The van der Waals surface area contributed by atoms with Crippen molar-refractivity contribution < 1.29 is 14.2 Å². The Kier molecular flexibility index (Phi) is 14.8. The molecule has 0 rings (SSSR count). The van der Waals surface area contributed by atoms with Gasteiger partial charge in [0, 0.05) is 32.8 Å². The van der Waals surface area contributed by atoms with Crippen molar-refractivity contribution in [1.29, 1.82) is 0 Å². The predicted octanol–water partition coefficient (Wildman–Crippen LogP) is 2.57. The van der Waals surface area contributed by atoms with Crippen LogP contribution in [-0.4, -0.2) is 45.8 Å². The lowest BCUT2D eigenvalue weighted by Gasteiger charge is -2.16. The van der Waals surface area contributed by atoms with Gasteiger partial charge in [-0.15, -0.1) is 0 Å². The number of hydrogen-bond donors (Lipinski definition) is 1. The maximum Gasteiger partial charge on any atom is 0.158 e. The van der Waals surface area contributed by atoms with Crippen LogP contribution in [0.1, 0.15) is 46.5 Å². The molecule has 0 spiro atoms. The predicted molar refractivity (Wildman–Crippen MR) is 74.9 cm³/mol. The Morgan fingerprint density at radius 3 is 2.17 bits per heavy atom. The molecule has 0 radical (unpaired) electrons. The third-order valence-electron chi connectivity index (χ3n) is 2.55. The van der Waals surface area contributed by atoms with Crippen molar-refractivity contribution in [3.63, 3.8) is 0 Å². The van der Waals surface area contributed by atoms with E-state index in [4.69, 9.17) is 14.2 Å². The Labute approximate surface area is 112 Å². The maximum atomic E-state index is 5.49. The van der Waals surface area contributed by atoms with Crippen LogP contribution >= 0.6 is 0 Å². The van der Waals surface area contributed by atoms with Gasteiger partial charge in [0.15, 0.2) is 6.29 Å². The minimum atomic E-state index is -0.0618. The van der Waals surface area contributed by atoms with Gasteiger partial charge in [0.2, 0.25) is 0 Å². The van der Waals surface area contributed by atoms with E-state index in [-0.39, 0.29) is 6.29 Å². The molecule has 0 aromatic heterocycles. The molecule has 0 bridgehead atoms. The van der Waals surface area contributed by atoms with Gasteiger partial charge in [-0.1, -0.05) is 13.3 Å². The summed E-state index contributed by atoms with van der Waals surface area (Å²) in [5.74, 6) is 0. The Bertz CT molecular complexity index is 150. The lowest BCUT2D eigenvalue weighted by atomic mass is 10.3. The second-order valence-electron chi connectivity index (χ2n) is 4.20. The summed E-state index contributed by atoms with van der Waals surface area (Å²) in [5.41, 5.74) is 0. The number of nitrogens with one attached hydrogen (secondary N) is 1. The van der Waals surface area contributed by atoms with Gasteiger partial charge in [0.1, 0.15) is 0 Å². The smallest absolute Gasteiger partial charge is 0.158 e. The van der Waals surface area contributed by atoms with Crippen LogP contribution in [0.15, 0.2) is 0 Å². The molecule has 0 saturated heterocycles. The highest BCUT2D eigenvalue weighted by Gasteiger charge is 2.06. The van der Waals surface area contributed by atoms with Crippen molar-refractivity contribution in [2.75, 3.05) is 39.5 Å². The zero-order valence-electron chi connectivity index (χ0n) is 12.4. The molecule has 0 amide bonds. The molecule has 0 aromatic rings. The Morgan fingerprint density at radius 2 is 1.56 bits per heavy atom. The zero-order chi connectivity index (χ0) is 13.5. The van der Waals surface area contributed by atoms with Crippen molar-refractivity contribution in [2.45, 2.75) is 52.7 Å². The number of hydrogen-bond acceptors (Lipinski definition) is 4. The van der Waals surface area contributed by atoms with E-state index in [1.165, 1.54) is 6.42 Å². The van der Waals surface area contributed by atoms with Crippen molar-refractivity contribution >= 4 is 0 Å². The third-order valence-corrected chi connectivity index (χ3v) is 2.55. The first-order valence-corrected chi connectivity index (χ1v) is 7.36. The van der Waals surface area contributed by atoms with Gasteiger partial charge in [-0.05, 0) is 39.8 Å². The average molecular weight is 261 g/mol. The molecule has 4 nitrogen and oxygen atoms in total. The molecular formula is C14H31NO3. The van der Waals surface area contributed by atoms with Crippen LogP contribution in [-0.2, 0) is 14.2 Å². The topological polar surface area (TPSA) is 39.7 Å². The molecule has 110 valence electrons. The number of ether oxygens (including phenoxy) is 3. The van der Waals surface area contributed by atoms with Crippen molar-refractivity contribution in [3.8, 4) is 0 Å². The quantitative estimate of drug-likeness (QED) is 0.385. The molecule has 0 unspecified atom stereocenters. The molecule has 0 heterocycles. The van der Waals surface area contributed by atoms with Gasteiger partial charge in [-0.2, -0.15) is 0 Å². The molecular weight excluding hydrogens is 230 g/mol. The lowest BCUT2D eigenvalue weighted by molar-refractivity contribution is -0.138. The lowest BCUT2D eigenvalue weighted by Crippen LogP contribution is -2.26. The van der Waals surface area contributed by atoms with Crippen LogP contribution in [0.4, 0.5) is 0 Å². The molecule has 4 heteroatoms. The maximum absolute atomic E-state index is 5.49. The summed E-state index contributed by atoms with van der Waals surface area (Å²) in [6.07, 6.45) is 4.27. The summed E-state index contributed by atoms with van der Waals surface area (Å²) < 4.78 is 16.4. The van der Waals surface area contributed by atoms with Crippen molar-refractivity contribution in [3.05, 3.63) is 0 Å². The van der Waals surface area contributed by atoms with E-state index in [1.54, 1.807) is 0 Å². The van der Waals surface area contributed by atoms with Crippen LogP contribution < -0.4 is 5.32 Å². The van der Waals surface area contributed by atoms with E-state index in [1.807, 2.05) is 13.8 Å². The summed E-state index contributed by atoms with van der Waals surface area (Å²) in [7, 11) is 0. The van der Waals surface area contributed by atoms with Gasteiger partial charge in [0.05, 0.1) is 0 Å². The van der Waals surface area contributed by atoms with E-state index < -0.39 is 0 Å². The fourth-order valence-corrected chi connectivity index (χ4v) is 1.58. The molecule has 0 aliphatic heterocycles. The van der Waals surface area contributed by atoms with Crippen LogP contribution in [0.2, 0.25) is 0 Å². The molecule has 0 saturated carbocycles. The molecule has 0 aliphatic rings. The first kappa shape index (κ1) is 17.8. The van der Waals surface area contributed by atoms with Crippen LogP contribution in [0.25, 0.3) is 0 Å². The monoisotopic (exact) mass is 261 g/mol. The minimum Gasteiger partial charge on any atom is -0.381 e. The highest BCUT2D eigenvalue weighted by molar-refractivity contribution is 4.52. The van der Waals surface area contributed by atoms with Crippen LogP contribution in [0.3, 0.4) is 0 Å². The second-order valence-corrected chi connectivity index (χ2v) is 4.20. The van der Waals surface area contributed by atoms with Gasteiger partial charge in [-0.25, -0.2) is 0 Å². The van der Waals surface area contributed by atoms with Crippen molar-refractivity contribution in [2.24, 2.45) is 0 Å². The summed E-state index contributed by atoms with van der Waals surface area (Å²) in [6, 6.07) is 0. The van der Waals surface area contributed by atoms with Gasteiger partial charge < -0.3 is 19.5 Å². The van der Waals surface area contributed by atoms with Gasteiger partial charge >= 0.3 is 0 Å². The highest BCUT2D eigenvalue weighted by Crippen LogP contribution is 1.99. The summed E-state index contributed by atoms with van der Waals surface area (Å²) in [4.78, 5) is 0. The first-order valence-electron chi connectivity index (χ1n) is 7.36. The Morgan fingerprint density at radius 1 is 0.889 bits per heavy atom. The van der Waals surface area contributed by atoms with Crippen molar-refractivity contribution in [1.82, 2.24) is 5.32 Å². The summed E-state index contributed by atoms with van der Waals surface area (Å²) in [6.45, 7) is 11.3. The first-order chi connectivity index (χ1) is 8.85. The molecule has 0 fully saturated rings. The zero-order valence-corrected chi connectivity index (χ0v) is 12.4. The second kappa shape index (κ2) is 14.9. The Hall–Kier alpha value is -0.160. The number of rotatable bonds is 14. The largest absolute Gasteiger partial charge is 0.381 e. The average Bonchev–Trinajstić information content (AvgIpc) is 2.37. The standard InChI is InChI=1S/C14H31NO3/c1-4-7-12-16-13-8-10-15-11-9-14(17-5-2)18-6-3/h14-15H,4-13H2,1-3H3. The molecule has 0 aromatic carbocycles. The summed E-state index contributed by atoms with van der Waals surface area (Å²) >= 11 is 0. The normalized spacial score (nSPS) is 11.3. The Balaban J connectivity index is 3.21. The fourth-order valence-electron chi connectivity index (χ4n) is 1.58. The van der Waals surface area contributed by atoms with E-state index in [9.17, 15) is 0 Å². The molecule has 1 N–H and O–H groups in total. The fraction of sp³-hybridized carbons (Fsp3) is 1.00. The van der Waals surface area contributed by atoms with Crippen LogP contribution in [0.5, 0.6) is 0 Å². The van der Waals surface area contributed by atoms with E-state index >= 15 is 0 Å². The number of unbranched alkanes of at least 4 members (excludes halogenated alkanes) is 1. The molecule has 0 aliphatic carbocycles. The van der Waals surface area contributed by atoms with E-state index in [2.05, 4.69) is 12.2 Å². The third kappa shape index (κ3) is 12.3. The van der Waals surface area contributed by atoms with E-state index in [0.29, 0.717) is 13.2 Å². The van der Waals surface area contributed by atoms with Gasteiger partial charge in [-0.3, -0.25) is 0 Å². The molecule has 0 atom stereocenters. The van der Waals surface area contributed by atoms with E-state index in [0.717, 1.165) is 45.6 Å². The summed E-state index contributed by atoms with van der Waals surface area (Å²) in [5, 5.41) is 3.38. The SMILES string of the molecule is CCCCOCCCNCCC(OCC)OCC. The minimum absolute atomic E-state index is 0.0618. The highest BCUT2D eigenvalue weighted by atomic mass is 16.7. The molecule has 18 heavy (non-hydrogen) atoms. The van der Waals surface area contributed by atoms with Crippen LogP contribution in [0, 0.1) is 0 Å².